The van der Waals surface area contributed by atoms with Crippen LogP contribution in [0.25, 0.3) is 0 Å². The molecule has 1 aromatic carbocycles. The molecular formula is C11H14Cl2N2O2. The minimum Gasteiger partial charge on any atom is -0.479 e. The standard InChI is InChI=1S/C11H14Cl2N2O2/c1-2-4-9(11(16)15-14)17-8-6-3-5-7(12)10(8)13/h3,5-6,9H,2,4,14H2,1H3,(H,15,16). The molecule has 0 spiro atoms. The monoisotopic (exact) mass is 276 g/mol. The molecular weight excluding hydrogens is 263 g/mol. The van der Waals surface area contributed by atoms with Gasteiger partial charge in [0.1, 0.15) is 10.8 Å². The summed E-state index contributed by atoms with van der Waals surface area (Å²) in [5.41, 5.74) is 2.06. The molecule has 0 fully saturated rings. The predicted molar refractivity (Wildman–Crippen MR) is 68.1 cm³/mol. The molecule has 0 aliphatic carbocycles. The van der Waals surface area contributed by atoms with Crippen molar-refractivity contribution in [3.05, 3.63) is 28.2 Å². The van der Waals surface area contributed by atoms with Gasteiger partial charge in [0.25, 0.3) is 5.91 Å². The zero-order chi connectivity index (χ0) is 12.8. The Hall–Kier alpha value is -0.970. The Labute approximate surface area is 110 Å². The second-order valence-corrected chi connectivity index (χ2v) is 4.24. The lowest BCUT2D eigenvalue weighted by Crippen LogP contribution is -2.42. The highest BCUT2D eigenvalue weighted by molar-refractivity contribution is 6.42. The number of hydrogen-bond acceptors (Lipinski definition) is 3. The van der Waals surface area contributed by atoms with Crippen LogP contribution in [-0.4, -0.2) is 12.0 Å². The third-order valence-electron chi connectivity index (χ3n) is 2.17. The summed E-state index contributed by atoms with van der Waals surface area (Å²) in [5.74, 6) is 5.08. The van der Waals surface area contributed by atoms with Gasteiger partial charge in [0.05, 0.1) is 5.02 Å². The third kappa shape index (κ3) is 3.77. The van der Waals surface area contributed by atoms with Crippen molar-refractivity contribution >= 4 is 29.1 Å². The second-order valence-electron chi connectivity index (χ2n) is 3.46. The van der Waals surface area contributed by atoms with E-state index >= 15 is 0 Å². The molecule has 0 aliphatic heterocycles. The van der Waals surface area contributed by atoms with Gasteiger partial charge in [-0.15, -0.1) is 0 Å². The zero-order valence-corrected chi connectivity index (χ0v) is 10.9. The number of amides is 1. The van der Waals surface area contributed by atoms with Crippen LogP contribution < -0.4 is 16.0 Å². The van der Waals surface area contributed by atoms with Crippen LogP contribution in [0.15, 0.2) is 18.2 Å². The Bertz CT molecular complexity index is 399. The Morgan fingerprint density at radius 2 is 2.24 bits per heavy atom. The van der Waals surface area contributed by atoms with E-state index in [-0.39, 0.29) is 5.91 Å². The summed E-state index contributed by atoms with van der Waals surface area (Å²) in [7, 11) is 0. The number of hydrogen-bond donors (Lipinski definition) is 2. The fourth-order valence-corrected chi connectivity index (χ4v) is 1.66. The molecule has 1 aromatic rings. The van der Waals surface area contributed by atoms with E-state index in [0.29, 0.717) is 22.2 Å². The molecule has 0 radical (unpaired) electrons. The van der Waals surface area contributed by atoms with Crippen molar-refractivity contribution in [2.75, 3.05) is 0 Å². The average Bonchev–Trinajstić information content (AvgIpc) is 2.33. The maximum absolute atomic E-state index is 11.5. The van der Waals surface area contributed by atoms with Crippen molar-refractivity contribution in [2.24, 2.45) is 5.84 Å². The maximum Gasteiger partial charge on any atom is 0.274 e. The zero-order valence-electron chi connectivity index (χ0n) is 9.37. The van der Waals surface area contributed by atoms with Gasteiger partial charge in [0.15, 0.2) is 6.10 Å². The highest BCUT2D eigenvalue weighted by Crippen LogP contribution is 2.32. The number of ether oxygens (including phenoxy) is 1. The largest absolute Gasteiger partial charge is 0.479 e. The van der Waals surface area contributed by atoms with Gasteiger partial charge in [-0.2, -0.15) is 0 Å². The summed E-state index contributed by atoms with van der Waals surface area (Å²) in [5, 5.41) is 0.674. The maximum atomic E-state index is 11.5. The van der Waals surface area contributed by atoms with Gasteiger partial charge in [-0.1, -0.05) is 42.6 Å². The summed E-state index contributed by atoms with van der Waals surface area (Å²) >= 11 is 11.8. The number of rotatable bonds is 5. The fraction of sp³-hybridized carbons (Fsp3) is 0.364. The molecule has 0 saturated carbocycles. The van der Waals surface area contributed by atoms with Gasteiger partial charge >= 0.3 is 0 Å². The van der Waals surface area contributed by atoms with Crippen molar-refractivity contribution < 1.29 is 9.53 Å². The van der Waals surface area contributed by atoms with E-state index < -0.39 is 6.10 Å². The quantitative estimate of drug-likeness (QED) is 0.494. The Kier molecular flexibility index (Phi) is 5.55. The first-order chi connectivity index (χ1) is 8.10. The van der Waals surface area contributed by atoms with Crippen molar-refractivity contribution in [1.82, 2.24) is 5.43 Å². The highest BCUT2D eigenvalue weighted by Gasteiger charge is 2.20. The van der Waals surface area contributed by atoms with Crippen molar-refractivity contribution in [1.29, 1.82) is 0 Å². The molecule has 0 saturated heterocycles. The van der Waals surface area contributed by atoms with Crippen molar-refractivity contribution in [2.45, 2.75) is 25.9 Å². The normalized spacial score (nSPS) is 12.0. The van der Waals surface area contributed by atoms with E-state index in [1.54, 1.807) is 18.2 Å². The van der Waals surface area contributed by atoms with Crippen LogP contribution >= 0.6 is 23.2 Å². The summed E-state index contributed by atoms with van der Waals surface area (Å²) in [4.78, 5) is 11.5. The molecule has 0 bridgehead atoms. The van der Waals surface area contributed by atoms with E-state index in [2.05, 4.69) is 5.43 Å². The Morgan fingerprint density at radius 3 is 2.82 bits per heavy atom. The predicted octanol–water partition coefficient (Wildman–Crippen LogP) is 2.53. The molecule has 0 aliphatic rings. The summed E-state index contributed by atoms with van der Waals surface area (Å²) in [6.07, 6.45) is 0.670. The fourth-order valence-electron chi connectivity index (χ4n) is 1.33. The summed E-state index contributed by atoms with van der Waals surface area (Å²) < 4.78 is 5.51. The molecule has 1 atom stereocenters. The number of carbonyl (C=O) groups excluding carboxylic acids is 1. The minimum atomic E-state index is -0.666. The number of nitrogens with two attached hydrogens (primary N) is 1. The second kappa shape index (κ2) is 6.69. The van der Waals surface area contributed by atoms with Crippen LogP contribution in [0.5, 0.6) is 5.75 Å². The van der Waals surface area contributed by atoms with Crippen LogP contribution in [0.4, 0.5) is 0 Å². The van der Waals surface area contributed by atoms with Crippen LogP contribution in [0.1, 0.15) is 19.8 Å². The first kappa shape index (κ1) is 14.1. The van der Waals surface area contributed by atoms with E-state index in [4.69, 9.17) is 33.8 Å². The van der Waals surface area contributed by atoms with E-state index in [0.717, 1.165) is 6.42 Å². The van der Waals surface area contributed by atoms with Gasteiger partial charge in [0, 0.05) is 0 Å². The number of halogens is 2. The lowest BCUT2D eigenvalue weighted by atomic mass is 10.2. The molecule has 3 N–H and O–H groups in total. The van der Waals surface area contributed by atoms with E-state index in [1.165, 1.54) is 0 Å². The van der Waals surface area contributed by atoms with Crippen LogP contribution in [0.2, 0.25) is 10.0 Å². The van der Waals surface area contributed by atoms with Gasteiger partial charge in [-0.05, 0) is 18.6 Å². The van der Waals surface area contributed by atoms with Crippen LogP contribution in [-0.2, 0) is 4.79 Å². The van der Waals surface area contributed by atoms with E-state index in [1.807, 2.05) is 6.92 Å². The molecule has 0 aromatic heterocycles. The van der Waals surface area contributed by atoms with E-state index in [9.17, 15) is 4.79 Å². The van der Waals surface area contributed by atoms with Crippen LogP contribution in [0, 0.1) is 0 Å². The smallest absolute Gasteiger partial charge is 0.274 e. The molecule has 1 rings (SSSR count). The molecule has 1 unspecified atom stereocenters. The summed E-state index contributed by atoms with van der Waals surface area (Å²) in [6, 6.07) is 5.00. The SMILES string of the molecule is CCCC(Oc1cccc(Cl)c1Cl)C(=O)NN. The van der Waals surface area contributed by atoms with Gasteiger partial charge in [-0.3, -0.25) is 10.2 Å². The number of nitrogens with one attached hydrogen (secondary N) is 1. The number of benzene rings is 1. The molecule has 1 amide bonds. The highest BCUT2D eigenvalue weighted by atomic mass is 35.5. The third-order valence-corrected chi connectivity index (χ3v) is 2.97. The number of carbonyl (C=O) groups is 1. The molecule has 17 heavy (non-hydrogen) atoms. The van der Waals surface area contributed by atoms with Gasteiger partial charge in [-0.25, -0.2) is 5.84 Å². The Morgan fingerprint density at radius 1 is 1.53 bits per heavy atom. The average molecular weight is 277 g/mol. The topological polar surface area (TPSA) is 64.3 Å². The first-order valence-corrected chi connectivity index (χ1v) is 5.96. The van der Waals surface area contributed by atoms with Crippen molar-refractivity contribution in [3.8, 4) is 5.75 Å². The first-order valence-electron chi connectivity index (χ1n) is 5.21. The number of hydrazine groups is 1. The van der Waals surface area contributed by atoms with Crippen molar-refractivity contribution in [3.63, 3.8) is 0 Å². The lowest BCUT2D eigenvalue weighted by molar-refractivity contribution is -0.128. The molecule has 6 heteroatoms. The lowest BCUT2D eigenvalue weighted by Gasteiger charge is -2.17. The van der Waals surface area contributed by atoms with Gasteiger partial charge in [0.2, 0.25) is 0 Å². The molecule has 4 nitrogen and oxygen atoms in total. The summed E-state index contributed by atoms with van der Waals surface area (Å²) in [6.45, 7) is 1.94. The van der Waals surface area contributed by atoms with Gasteiger partial charge < -0.3 is 4.74 Å². The van der Waals surface area contributed by atoms with Crippen LogP contribution in [0.3, 0.4) is 0 Å². The molecule has 0 heterocycles. The minimum absolute atomic E-state index is 0.292. The Balaban J connectivity index is 2.85. The molecule has 94 valence electrons.